The smallest absolute Gasteiger partial charge is 0.311 e. The summed E-state index contributed by atoms with van der Waals surface area (Å²) in [5.41, 5.74) is 1.72. The first-order valence-electron chi connectivity index (χ1n) is 8.09. The first-order chi connectivity index (χ1) is 11.9. The molecule has 0 N–H and O–H groups in total. The molecule has 0 radical (unpaired) electrons. The van der Waals surface area contributed by atoms with Gasteiger partial charge in [-0.2, -0.15) is 0 Å². The second kappa shape index (κ2) is 7.55. The lowest BCUT2D eigenvalue weighted by Gasteiger charge is -2.27. The van der Waals surface area contributed by atoms with E-state index in [1.54, 1.807) is 13.1 Å². The van der Waals surface area contributed by atoms with E-state index in [0.717, 1.165) is 14.5 Å². The van der Waals surface area contributed by atoms with Crippen LogP contribution < -0.4 is 4.74 Å². The second-order valence-electron chi connectivity index (χ2n) is 6.00. The molecule has 3 rings (SSSR count). The summed E-state index contributed by atoms with van der Waals surface area (Å²) in [7, 11) is -2.89. The SMILES string of the molecule is CCC(=O)Oc1c(I)cc(CN2CCS(=O)(=O)CC2)c2cccnc12. The molecule has 1 aromatic heterocycles. The highest BCUT2D eigenvalue weighted by Gasteiger charge is 2.23. The van der Waals surface area contributed by atoms with E-state index in [2.05, 4.69) is 32.5 Å². The predicted octanol–water partition coefficient (Wildman–Crippen LogP) is 2.39. The zero-order valence-corrected chi connectivity index (χ0v) is 16.8. The van der Waals surface area contributed by atoms with Crippen LogP contribution in [0.25, 0.3) is 10.9 Å². The van der Waals surface area contributed by atoms with Gasteiger partial charge >= 0.3 is 5.97 Å². The zero-order valence-electron chi connectivity index (χ0n) is 13.9. The maximum Gasteiger partial charge on any atom is 0.311 e. The fourth-order valence-corrected chi connectivity index (χ4v) is 4.84. The molecule has 25 heavy (non-hydrogen) atoms. The van der Waals surface area contributed by atoms with Crippen LogP contribution in [0.3, 0.4) is 0 Å². The number of esters is 1. The quantitative estimate of drug-likeness (QED) is 0.385. The van der Waals surface area contributed by atoms with Gasteiger partial charge in [0.25, 0.3) is 0 Å². The van der Waals surface area contributed by atoms with E-state index in [0.29, 0.717) is 37.3 Å². The lowest BCUT2D eigenvalue weighted by molar-refractivity contribution is -0.133. The Labute approximate surface area is 160 Å². The van der Waals surface area contributed by atoms with E-state index in [1.807, 2.05) is 18.2 Å². The average Bonchev–Trinajstić information content (AvgIpc) is 2.60. The van der Waals surface area contributed by atoms with Crippen molar-refractivity contribution < 1.29 is 17.9 Å². The number of pyridine rings is 1. The van der Waals surface area contributed by atoms with Gasteiger partial charge in [0.1, 0.15) is 5.52 Å². The van der Waals surface area contributed by atoms with E-state index >= 15 is 0 Å². The molecule has 1 aliphatic heterocycles. The first kappa shape index (κ1) is 18.5. The molecule has 134 valence electrons. The number of ether oxygens (including phenoxy) is 1. The summed E-state index contributed by atoms with van der Waals surface area (Å²) in [5, 5.41) is 0.926. The fraction of sp³-hybridized carbons (Fsp3) is 0.412. The first-order valence-corrected chi connectivity index (χ1v) is 11.0. The molecule has 0 bridgehead atoms. The van der Waals surface area contributed by atoms with Gasteiger partial charge in [-0.1, -0.05) is 13.0 Å². The number of carbonyl (C=O) groups is 1. The van der Waals surface area contributed by atoms with Crippen LogP contribution in [0.15, 0.2) is 24.4 Å². The summed E-state index contributed by atoms with van der Waals surface area (Å²) in [6, 6.07) is 5.80. The molecule has 1 aliphatic rings. The van der Waals surface area contributed by atoms with Gasteiger partial charge in [0.2, 0.25) is 0 Å². The third-order valence-corrected chi connectivity index (χ3v) is 6.63. The Morgan fingerprint density at radius 2 is 2.08 bits per heavy atom. The molecule has 0 atom stereocenters. The van der Waals surface area contributed by atoms with Crippen LogP contribution in [0.5, 0.6) is 5.75 Å². The normalized spacial score (nSPS) is 17.5. The lowest BCUT2D eigenvalue weighted by atomic mass is 10.1. The minimum Gasteiger partial charge on any atom is -0.423 e. The molecule has 0 unspecified atom stereocenters. The van der Waals surface area contributed by atoms with Crippen molar-refractivity contribution in [2.24, 2.45) is 0 Å². The Morgan fingerprint density at radius 3 is 2.76 bits per heavy atom. The maximum atomic E-state index is 11.7. The monoisotopic (exact) mass is 474 g/mol. The highest BCUT2D eigenvalue weighted by atomic mass is 127. The standard InChI is InChI=1S/C17H19IN2O4S/c1-2-15(21)24-17-14(18)10-12(13-4-3-5-19-16(13)17)11-20-6-8-25(22,23)9-7-20/h3-5,10H,2,6-9,11H2,1H3. The van der Waals surface area contributed by atoms with Crippen LogP contribution in [0.2, 0.25) is 0 Å². The molecule has 0 aliphatic carbocycles. The number of hydrogen-bond acceptors (Lipinski definition) is 6. The summed E-state index contributed by atoms with van der Waals surface area (Å²) in [5.74, 6) is 0.603. The third kappa shape index (κ3) is 4.29. The van der Waals surface area contributed by atoms with Gasteiger partial charge in [-0.3, -0.25) is 14.7 Å². The Morgan fingerprint density at radius 1 is 1.36 bits per heavy atom. The predicted molar refractivity (Wildman–Crippen MR) is 104 cm³/mol. The molecule has 2 heterocycles. The lowest BCUT2D eigenvalue weighted by Crippen LogP contribution is -2.39. The van der Waals surface area contributed by atoms with Crippen molar-refractivity contribution in [1.29, 1.82) is 0 Å². The zero-order chi connectivity index (χ0) is 18.0. The minimum absolute atomic E-state index is 0.201. The molecule has 1 fully saturated rings. The van der Waals surface area contributed by atoms with Gasteiger partial charge < -0.3 is 4.74 Å². The summed E-state index contributed by atoms with van der Waals surface area (Å²) in [6.45, 7) is 3.47. The fourth-order valence-electron chi connectivity index (χ4n) is 2.82. The van der Waals surface area contributed by atoms with Crippen molar-refractivity contribution in [2.75, 3.05) is 24.6 Å². The Bertz CT molecular complexity index is 900. The number of nitrogens with zero attached hydrogens (tertiary/aromatic N) is 2. The molecule has 6 nitrogen and oxygen atoms in total. The maximum absolute atomic E-state index is 11.7. The van der Waals surface area contributed by atoms with Gasteiger partial charge in [-0.25, -0.2) is 8.42 Å². The number of aromatic nitrogens is 1. The van der Waals surface area contributed by atoms with Crippen molar-refractivity contribution in [3.63, 3.8) is 0 Å². The molecule has 1 saturated heterocycles. The Balaban J connectivity index is 1.94. The highest BCUT2D eigenvalue weighted by molar-refractivity contribution is 14.1. The molecule has 0 saturated carbocycles. The van der Waals surface area contributed by atoms with Crippen molar-refractivity contribution in [3.05, 3.63) is 33.5 Å². The third-order valence-electron chi connectivity index (χ3n) is 4.22. The number of hydrogen-bond donors (Lipinski definition) is 0. The van der Waals surface area contributed by atoms with E-state index in [9.17, 15) is 13.2 Å². The number of rotatable bonds is 4. The van der Waals surface area contributed by atoms with Crippen molar-refractivity contribution in [1.82, 2.24) is 9.88 Å². The van der Waals surface area contributed by atoms with Gasteiger partial charge in [0.05, 0.1) is 15.1 Å². The van der Waals surface area contributed by atoms with Crippen LogP contribution in [0, 0.1) is 3.57 Å². The number of halogens is 1. The van der Waals surface area contributed by atoms with Gasteiger partial charge in [-0.15, -0.1) is 0 Å². The topological polar surface area (TPSA) is 76.6 Å². The highest BCUT2D eigenvalue weighted by Crippen LogP contribution is 2.33. The molecular formula is C17H19IN2O4S. The number of benzene rings is 1. The van der Waals surface area contributed by atoms with E-state index in [1.165, 1.54) is 0 Å². The van der Waals surface area contributed by atoms with E-state index < -0.39 is 9.84 Å². The molecular weight excluding hydrogens is 455 g/mol. The molecule has 0 amide bonds. The van der Waals surface area contributed by atoms with Crippen molar-refractivity contribution >= 4 is 49.3 Å². The second-order valence-corrected chi connectivity index (χ2v) is 9.47. The van der Waals surface area contributed by atoms with E-state index in [-0.39, 0.29) is 17.5 Å². The minimum atomic E-state index is -2.89. The van der Waals surface area contributed by atoms with Crippen LogP contribution >= 0.6 is 22.6 Å². The molecule has 8 heteroatoms. The van der Waals surface area contributed by atoms with Gasteiger partial charge in [0.15, 0.2) is 15.6 Å². The number of fused-ring (bicyclic) bond motifs is 1. The molecule has 0 spiro atoms. The molecule has 1 aromatic carbocycles. The van der Waals surface area contributed by atoms with Gasteiger partial charge in [-0.05, 0) is 40.3 Å². The number of carbonyl (C=O) groups excluding carboxylic acids is 1. The van der Waals surface area contributed by atoms with Gasteiger partial charge in [0, 0.05) is 37.6 Å². The van der Waals surface area contributed by atoms with Crippen LogP contribution in [-0.4, -0.2) is 48.9 Å². The number of sulfone groups is 1. The average molecular weight is 474 g/mol. The Kier molecular flexibility index (Phi) is 5.59. The largest absolute Gasteiger partial charge is 0.423 e. The van der Waals surface area contributed by atoms with Crippen LogP contribution in [-0.2, 0) is 21.2 Å². The molecule has 2 aromatic rings. The Hall–Kier alpha value is -1.26. The van der Waals surface area contributed by atoms with Crippen molar-refractivity contribution in [2.45, 2.75) is 19.9 Å². The van der Waals surface area contributed by atoms with Crippen molar-refractivity contribution in [3.8, 4) is 5.75 Å². The summed E-state index contributed by atoms with van der Waals surface area (Å²) in [6.07, 6.45) is 1.98. The summed E-state index contributed by atoms with van der Waals surface area (Å²) >= 11 is 2.15. The van der Waals surface area contributed by atoms with Crippen LogP contribution in [0.4, 0.5) is 0 Å². The van der Waals surface area contributed by atoms with E-state index in [4.69, 9.17) is 4.74 Å². The summed E-state index contributed by atoms with van der Waals surface area (Å²) < 4.78 is 29.5. The summed E-state index contributed by atoms with van der Waals surface area (Å²) in [4.78, 5) is 18.3. The van der Waals surface area contributed by atoms with Crippen LogP contribution in [0.1, 0.15) is 18.9 Å².